The Morgan fingerprint density at radius 2 is 2.14 bits per heavy atom. The quantitative estimate of drug-likeness (QED) is 0.644. The molecule has 0 aliphatic carbocycles. The van der Waals surface area contributed by atoms with Crippen LogP contribution in [-0.2, 0) is 0 Å². The van der Waals surface area contributed by atoms with Crippen molar-refractivity contribution in [1.82, 2.24) is 9.97 Å². The maximum Gasteiger partial charge on any atom is 0.174 e. The molecule has 7 heteroatoms. The van der Waals surface area contributed by atoms with Gasteiger partial charge in [-0.15, -0.1) is 0 Å². The van der Waals surface area contributed by atoms with E-state index >= 15 is 0 Å². The van der Waals surface area contributed by atoms with Crippen LogP contribution in [0.25, 0.3) is 11.4 Å². The van der Waals surface area contributed by atoms with Gasteiger partial charge in [0.05, 0.1) is 17.6 Å². The maximum atomic E-state index is 14.0. The minimum atomic E-state index is -0.365. The van der Waals surface area contributed by atoms with Gasteiger partial charge < -0.3 is 10.7 Å². The SMILES string of the molecule is CC(N)=NC(=NC(C)C)c1cnc(-c2ccc(Br)cc2F)[nH]1. The largest absolute Gasteiger partial charge is 0.387 e. The second kappa shape index (κ2) is 6.83. The molecule has 0 radical (unpaired) electrons. The summed E-state index contributed by atoms with van der Waals surface area (Å²) in [5.74, 6) is 0.897. The molecule has 116 valence electrons. The second-order valence-corrected chi connectivity index (χ2v) is 5.98. The predicted octanol–water partition coefficient (Wildman–Crippen LogP) is 3.51. The highest BCUT2D eigenvalue weighted by atomic mass is 79.9. The van der Waals surface area contributed by atoms with Gasteiger partial charge in [-0.2, -0.15) is 0 Å². The third-order valence-electron chi connectivity index (χ3n) is 2.67. The lowest BCUT2D eigenvalue weighted by Crippen LogP contribution is -2.12. The van der Waals surface area contributed by atoms with Crippen molar-refractivity contribution in [2.24, 2.45) is 15.7 Å². The van der Waals surface area contributed by atoms with Crippen molar-refractivity contribution in [2.45, 2.75) is 26.8 Å². The fraction of sp³-hybridized carbons (Fsp3) is 0.267. The van der Waals surface area contributed by atoms with Crippen molar-refractivity contribution >= 4 is 27.6 Å². The Labute approximate surface area is 136 Å². The van der Waals surface area contributed by atoms with E-state index < -0.39 is 0 Å². The number of aromatic nitrogens is 2. The Hall–Kier alpha value is -2.02. The molecule has 22 heavy (non-hydrogen) atoms. The van der Waals surface area contributed by atoms with Crippen LogP contribution in [0.15, 0.2) is 38.9 Å². The van der Waals surface area contributed by atoms with Gasteiger partial charge in [-0.25, -0.2) is 14.4 Å². The summed E-state index contributed by atoms with van der Waals surface area (Å²) in [4.78, 5) is 15.9. The Morgan fingerprint density at radius 3 is 2.73 bits per heavy atom. The van der Waals surface area contributed by atoms with Crippen molar-refractivity contribution in [3.63, 3.8) is 0 Å². The van der Waals surface area contributed by atoms with Crippen LogP contribution in [0, 0.1) is 5.82 Å². The summed E-state index contributed by atoms with van der Waals surface area (Å²) in [7, 11) is 0. The number of aromatic amines is 1. The van der Waals surface area contributed by atoms with Crippen LogP contribution in [0.4, 0.5) is 4.39 Å². The molecule has 5 nitrogen and oxygen atoms in total. The van der Waals surface area contributed by atoms with Crippen LogP contribution in [-0.4, -0.2) is 27.7 Å². The molecule has 0 atom stereocenters. The molecule has 0 spiro atoms. The lowest BCUT2D eigenvalue weighted by atomic mass is 10.2. The summed E-state index contributed by atoms with van der Waals surface area (Å²) in [5, 5.41) is 0. The molecule has 3 N–H and O–H groups in total. The molecular weight excluding hydrogens is 349 g/mol. The molecule has 0 bridgehead atoms. The smallest absolute Gasteiger partial charge is 0.174 e. The normalized spacial score (nSPS) is 13.0. The number of benzene rings is 1. The molecule has 0 aliphatic heterocycles. The molecule has 1 heterocycles. The Kier molecular flexibility index (Phi) is 5.07. The molecule has 2 aromatic rings. The van der Waals surface area contributed by atoms with Gasteiger partial charge in [0.15, 0.2) is 5.84 Å². The number of imidazole rings is 1. The first-order valence-corrected chi connectivity index (χ1v) is 7.55. The average molecular weight is 366 g/mol. The number of amidine groups is 2. The number of H-pyrrole nitrogens is 1. The van der Waals surface area contributed by atoms with E-state index in [0.717, 1.165) is 0 Å². The van der Waals surface area contributed by atoms with E-state index in [0.29, 0.717) is 33.2 Å². The van der Waals surface area contributed by atoms with E-state index in [4.69, 9.17) is 5.73 Å². The lowest BCUT2D eigenvalue weighted by molar-refractivity contribution is 0.629. The van der Waals surface area contributed by atoms with E-state index in [2.05, 4.69) is 35.9 Å². The predicted molar refractivity (Wildman–Crippen MR) is 90.7 cm³/mol. The number of hydrogen-bond acceptors (Lipinski definition) is 2. The number of hydrogen-bond donors (Lipinski definition) is 2. The van der Waals surface area contributed by atoms with Crippen LogP contribution in [0.5, 0.6) is 0 Å². The van der Waals surface area contributed by atoms with E-state index in [9.17, 15) is 4.39 Å². The van der Waals surface area contributed by atoms with Gasteiger partial charge in [0, 0.05) is 10.5 Å². The molecule has 0 unspecified atom stereocenters. The fourth-order valence-corrected chi connectivity index (χ4v) is 2.16. The number of halogens is 2. The highest BCUT2D eigenvalue weighted by Gasteiger charge is 2.12. The zero-order valence-corrected chi connectivity index (χ0v) is 14.1. The van der Waals surface area contributed by atoms with Crippen LogP contribution >= 0.6 is 15.9 Å². The minimum Gasteiger partial charge on any atom is -0.387 e. The molecular formula is C15H17BrFN5. The first-order valence-electron chi connectivity index (χ1n) is 6.76. The Balaban J connectivity index is 2.43. The third-order valence-corrected chi connectivity index (χ3v) is 3.16. The average Bonchev–Trinajstić information content (AvgIpc) is 2.86. The standard InChI is InChI=1S/C15H17BrFN5/c1-8(2)20-15(21-9(3)18)13-7-19-14(22-13)11-5-4-10(16)6-12(11)17/h4-8H,1-3H3,(H,19,22)(H2,18,20,21). The third kappa shape index (κ3) is 4.00. The van der Waals surface area contributed by atoms with Gasteiger partial charge in [0.1, 0.15) is 17.3 Å². The van der Waals surface area contributed by atoms with Gasteiger partial charge in [0.2, 0.25) is 0 Å². The van der Waals surface area contributed by atoms with E-state index in [1.807, 2.05) is 13.8 Å². The highest BCUT2D eigenvalue weighted by molar-refractivity contribution is 9.10. The monoisotopic (exact) mass is 365 g/mol. The molecule has 0 amide bonds. The van der Waals surface area contributed by atoms with Gasteiger partial charge in [-0.3, -0.25) is 4.99 Å². The summed E-state index contributed by atoms with van der Waals surface area (Å²) < 4.78 is 14.7. The summed E-state index contributed by atoms with van der Waals surface area (Å²) in [6, 6.07) is 4.85. The van der Waals surface area contributed by atoms with E-state index in [1.165, 1.54) is 6.07 Å². The zero-order valence-electron chi connectivity index (χ0n) is 12.6. The number of rotatable bonds is 3. The van der Waals surface area contributed by atoms with Gasteiger partial charge in [0.25, 0.3) is 0 Å². The number of nitrogens with two attached hydrogens (primary N) is 1. The number of aliphatic imine (C=N–C) groups is 2. The minimum absolute atomic E-state index is 0.0502. The van der Waals surface area contributed by atoms with Crippen LogP contribution in [0.3, 0.4) is 0 Å². The van der Waals surface area contributed by atoms with Crippen molar-refractivity contribution in [3.05, 3.63) is 40.4 Å². The van der Waals surface area contributed by atoms with Gasteiger partial charge in [-0.05, 0) is 39.0 Å². The van der Waals surface area contributed by atoms with Crippen molar-refractivity contribution in [2.75, 3.05) is 0 Å². The number of nitrogens with zero attached hydrogens (tertiary/aromatic N) is 3. The Bertz CT molecular complexity index is 729. The lowest BCUT2D eigenvalue weighted by Gasteiger charge is -2.03. The molecule has 1 aromatic heterocycles. The van der Waals surface area contributed by atoms with Crippen LogP contribution < -0.4 is 5.73 Å². The highest BCUT2D eigenvalue weighted by Crippen LogP contribution is 2.23. The van der Waals surface area contributed by atoms with E-state index in [1.54, 1.807) is 25.3 Å². The van der Waals surface area contributed by atoms with Crippen molar-refractivity contribution in [3.8, 4) is 11.4 Å². The van der Waals surface area contributed by atoms with Crippen LogP contribution in [0.2, 0.25) is 0 Å². The first-order chi connectivity index (χ1) is 10.4. The molecule has 1 aromatic carbocycles. The summed E-state index contributed by atoms with van der Waals surface area (Å²) in [6.45, 7) is 5.56. The van der Waals surface area contributed by atoms with Crippen molar-refractivity contribution < 1.29 is 4.39 Å². The summed E-state index contributed by atoms with van der Waals surface area (Å²) >= 11 is 3.23. The zero-order chi connectivity index (χ0) is 16.3. The topological polar surface area (TPSA) is 79.4 Å². The number of nitrogens with one attached hydrogen (secondary N) is 1. The molecule has 2 rings (SSSR count). The molecule has 0 saturated heterocycles. The molecule has 0 aliphatic rings. The van der Waals surface area contributed by atoms with Crippen molar-refractivity contribution in [1.29, 1.82) is 0 Å². The first kappa shape index (κ1) is 16.4. The molecule has 0 fully saturated rings. The maximum absolute atomic E-state index is 14.0. The van der Waals surface area contributed by atoms with E-state index in [-0.39, 0.29) is 11.9 Å². The Morgan fingerprint density at radius 1 is 1.41 bits per heavy atom. The summed E-state index contributed by atoms with van der Waals surface area (Å²) in [6.07, 6.45) is 1.57. The second-order valence-electron chi connectivity index (χ2n) is 5.07. The van der Waals surface area contributed by atoms with Gasteiger partial charge >= 0.3 is 0 Å². The van der Waals surface area contributed by atoms with Gasteiger partial charge in [-0.1, -0.05) is 15.9 Å². The molecule has 0 saturated carbocycles. The fourth-order valence-electron chi connectivity index (χ4n) is 1.82. The van der Waals surface area contributed by atoms with Crippen LogP contribution in [0.1, 0.15) is 26.5 Å². The summed E-state index contributed by atoms with van der Waals surface area (Å²) in [5.41, 5.74) is 6.61.